The lowest BCUT2D eigenvalue weighted by Gasteiger charge is -2.10. The second-order valence-electron chi connectivity index (χ2n) is 7.98. The Morgan fingerprint density at radius 3 is 2.82 bits per heavy atom. The zero-order chi connectivity index (χ0) is 22.9. The van der Waals surface area contributed by atoms with E-state index in [0.717, 1.165) is 51.4 Å². The van der Waals surface area contributed by atoms with Gasteiger partial charge in [0, 0.05) is 41.8 Å². The normalized spacial score (nSPS) is 12.5. The van der Waals surface area contributed by atoms with Gasteiger partial charge in [-0.1, -0.05) is 23.9 Å². The third kappa shape index (κ3) is 4.43. The number of hydrogen-bond donors (Lipinski definition) is 0. The molecular weight excluding hydrogens is 456 g/mol. The molecule has 33 heavy (non-hydrogen) atoms. The summed E-state index contributed by atoms with van der Waals surface area (Å²) in [6.07, 6.45) is 0.747. The fourth-order valence-corrected chi connectivity index (χ4v) is 5.46. The summed E-state index contributed by atoms with van der Waals surface area (Å²) in [7, 11) is 1.95. The predicted molar refractivity (Wildman–Crippen MR) is 129 cm³/mol. The van der Waals surface area contributed by atoms with E-state index in [1.165, 1.54) is 16.6 Å². The number of rotatable bonds is 8. The zero-order valence-corrected chi connectivity index (χ0v) is 20.3. The molecule has 1 aromatic carbocycles. The molecular formula is C24H24N4O3S2. The van der Waals surface area contributed by atoms with Crippen LogP contribution in [0.15, 0.2) is 46.9 Å². The Kier molecular flexibility index (Phi) is 5.99. The minimum Gasteiger partial charge on any atom is -0.454 e. The van der Waals surface area contributed by atoms with Crippen molar-refractivity contribution in [1.82, 2.24) is 19.3 Å². The second kappa shape index (κ2) is 9.07. The highest BCUT2D eigenvalue weighted by molar-refractivity contribution is 7.99. The van der Waals surface area contributed by atoms with E-state index in [4.69, 9.17) is 9.47 Å². The standard InChI is InChI=1S/C24H24N4O3S2/c1-15-9-19(16(2)28(15)12-17-6-7-21-22(10-17)31-14-30-21)20(29)13-33-24-26-25-23(27(24)3)11-18-5-4-8-32-18/h4-10H,11-14H2,1-3H3. The van der Waals surface area contributed by atoms with Crippen molar-refractivity contribution < 1.29 is 14.3 Å². The molecule has 5 rings (SSSR count). The molecule has 1 aliphatic heterocycles. The molecule has 0 unspecified atom stereocenters. The molecule has 0 radical (unpaired) electrons. The topological polar surface area (TPSA) is 71.2 Å². The van der Waals surface area contributed by atoms with E-state index in [0.29, 0.717) is 12.3 Å². The van der Waals surface area contributed by atoms with Crippen molar-refractivity contribution in [2.45, 2.75) is 32.0 Å². The van der Waals surface area contributed by atoms with Crippen molar-refractivity contribution >= 4 is 28.9 Å². The Morgan fingerprint density at radius 2 is 2.00 bits per heavy atom. The van der Waals surface area contributed by atoms with Crippen LogP contribution in [0.4, 0.5) is 0 Å². The molecule has 170 valence electrons. The van der Waals surface area contributed by atoms with Gasteiger partial charge in [0.2, 0.25) is 6.79 Å². The monoisotopic (exact) mass is 480 g/mol. The van der Waals surface area contributed by atoms with Crippen LogP contribution in [-0.2, 0) is 20.0 Å². The Morgan fingerprint density at radius 1 is 1.15 bits per heavy atom. The molecule has 0 saturated heterocycles. The molecule has 4 heterocycles. The number of aryl methyl sites for hydroxylation is 1. The molecule has 0 amide bonds. The van der Waals surface area contributed by atoms with E-state index in [1.54, 1.807) is 11.3 Å². The number of hydrogen-bond acceptors (Lipinski definition) is 7. The number of carbonyl (C=O) groups excluding carboxylic acids is 1. The molecule has 0 fully saturated rings. The van der Waals surface area contributed by atoms with Crippen molar-refractivity contribution in [3.63, 3.8) is 0 Å². The first-order valence-electron chi connectivity index (χ1n) is 10.6. The third-order valence-electron chi connectivity index (χ3n) is 5.82. The highest BCUT2D eigenvalue weighted by Crippen LogP contribution is 2.33. The van der Waals surface area contributed by atoms with E-state index in [1.807, 2.05) is 55.8 Å². The van der Waals surface area contributed by atoms with Crippen molar-refractivity contribution in [1.29, 1.82) is 0 Å². The van der Waals surface area contributed by atoms with Crippen LogP contribution in [0.2, 0.25) is 0 Å². The van der Waals surface area contributed by atoms with Crippen molar-refractivity contribution in [2.75, 3.05) is 12.5 Å². The zero-order valence-electron chi connectivity index (χ0n) is 18.7. The minimum atomic E-state index is 0.0906. The molecule has 4 aromatic rings. The molecule has 7 nitrogen and oxygen atoms in total. The van der Waals surface area contributed by atoms with Gasteiger partial charge in [-0.15, -0.1) is 21.5 Å². The summed E-state index contributed by atoms with van der Waals surface area (Å²) < 4.78 is 15.0. The number of fused-ring (bicyclic) bond motifs is 1. The summed E-state index contributed by atoms with van der Waals surface area (Å²) >= 11 is 3.13. The highest BCUT2D eigenvalue weighted by atomic mass is 32.2. The molecule has 0 N–H and O–H groups in total. The molecule has 0 bridgehead atoms. The van der Waals surface area contributed by atoms with Crippen LogP contribution in [-0.4, -0.2) is 37.7 Å². The van der Waals surface area contributed by atoms with Crippen LogP contribution < -0.4 is 9.47 Å². The molecule has 1 aliphatic rings. The quantitative estimate of drug-likeness (QED) is 0.270. The van der Waals surface area contributed by atoms with E-state index >= 15 is 0 Å². The average Bonchev–Trinajstić information content (AvgIpc) is 3.59. The van der Waals surface area contributed by atoms with Gasteiger partial charge in [0.15, 0.2) is 22.4 Å². The van der Waals surface area contributed by atoms with Crippen LogP contribution in [0.5, 0.6) is 11.5 Å². The summed E-state index contributed by atoms with van der Waals surface area (Å²) in [5.74, 6) is 2.85. The first-order valence-corrected chi connectivity index (χ1v) is 12.5. The van der Waals surface area contributed by atoms with E-state index < -0.39 is 0 Å². The fraction of sp³-hybridized carbons (Fsp3) is 0.292. The number of thiophene rings is 1. The van der Waals surface area contributed by atoms with Gasteiger partial charge >= 0.3 is 0 Å². The highest BCUT2D eigenvalue weighted by Gasteiger charge is 2.19. The summed E-state index contributed by atoms with van der Waals surface area (Å²) in [5, 5.41) is 11.4. The maximum absolute atomic E-state index is 13.1. The Labute approximate surface area is 200 Å². The van der Waals surface area contributed by atoms with E-state index in [9.17, 15) is 4.79 Å². The number of ketones is 1. The smallest absolute Gasteiger partial charge is 0.231 e. The van der Waals surface area contributed by atoms with Gasteiger partial charge in [0.05, 0.1) is 5.75 Å². The first-order chi connectivity index (χ1) is 16.0. The number of Topliss-reactive ketones (excluding diaryl/α,β-unsaturated/α-hetero) is 1. The van der Waals surface area contributed by atoms with E-state index in [2.05, 4.69) is 26.2 Å². The Hall–Kier alpha value is -3.04. The summed E-state index contributed by atoms with van der Waals surface area (Å²) in [5.41, 5.74) is 3.87. The second-order valence-corrected chi connectivity index (χ2v) is 9.96. The third-order valence-corrected chi connectivity index (χ3v) is 7.72. The number of ether oxygens (including phenoxy) is 2. The molecule has 9 heteroatoms. The summed E-state index contributed by atoms with van der Waals surface area (Å²) in [6.45, 7) is 4.96. The number of aromatic nitrogens is 4. The lowest BCUT2D eigenvalue weighted by atomic mass is 10.1. The van der Waals surface area contributed by atoms with Gasteiger partial charge in [0.1, 0.15) is 5.82 Å². The van der Waals surface area contributed by atoms with Gasteiger partial charge < -0.3 is 18.6 Å². The fourth-order valence-electron chi connectivity index (χ4n) is 3.95. The van der Waals surface area contributed by atoms with E-state index in [-0.39, 0.29) is 12.6 Å². The van der Waals surface area contributed by atoms with Gasteiger partial charge in [-0.05, 0) is 49.1 Å². The number of benzene rings is 1. The van der Waals surface area contributed by atoms with Gasteiger partial charge in [0.25, 0.3) is 0 Å². The number of thioether (sulfide) groups is 1. The lowest BCUT2D eigenvalue weighted by Crippen LogP contribution is -2.08. The van der Waals surface area contributed by atoms with Gasteiger partial charge in [-0.25, -0.2) is 0 Å². The maximum atomic E-state index is 13.1. The maximum Gasteiger partial charge on any atom is 0.231 e. The molecule has 3 aromatic heterocycles. The van der Waals surface area contributed by atoms with Gasteiger partial charge in [-0.2, -0.15) is 0 Å². The van der Waals surface area contributed by atoms with Crippen LogP contribution in [0.25, 0.3) is 0 Å². The van der Waals surface area contributed by atoms with Crippen LogP contribution in [0, 0.1) is 13.8 Å². The first kappa shape index (κ1) is 21.8. The lowest BCUT2D eigenvalue weighted by molar-refractivity contribution is 0.102. The Balaban J connectivity index is 1.26. The predicted octanol–water partition coefficient (Wildman–Crippen LogP) is 4.64. The largest absolute Gasteiger partial charge is 0.454 e. The summed E-state index contributed by atoms with van der Waals surface area (Å²) in [4.78, 5) is 14.3. The Bertz CT molecular complexity index is 1310. The molecule has 0 saturated carbocycles. The number of carbonyl (C=O) groups is 1. The SMILES string of the molecule is Cc1cc(C(=O)CSc2nnc(Cc3cccs3)n2C)c(C)n1Cc1ccc2c(c1)OCO2. The molecule has 0 aliphatic carbocycles. The van der Waals surface area contributed by atoms with Crippen LogP contribution >= 0.6 is 23.1 Å². The summed E-state index contributed by atoms with van der Waals surface area (Å²) in [6, 6.07) is 12.1. The van der Waals surface area contributed by atoms with Crippen molar-refractivity contribution in [3.8, 4) is 11.5 Å². The minimum absolute atomic E-state index is 0.0906. The van der Waals surface area contributed by atoms with Gasteiger partial charge in [-0.3, -0.25) is 4.79 Å². The number of nitrogens with zero attached hydrogens (tertiary/aromatic N) is 4. The average molecular weight is 481 g/mol. The molecule has 0 atom stereocenters. The van der Waals surface area contributed by atoms with Crippen molar-refractivity contribution in [3.05, 3.63) is 75.0 Å². The van der Waals surface area contributed by atoms with Crippen LogP contribution in [0.3, 0.4) is 0 Å². The van der Waals surface area contributed by atoms with Crippen molar-refractivity contribution in [2.24, 2.45) is 7.05 Å². The van der Waals surface area contributed by atoms with Crippen LogP contribution in [0.1, 0.15) is 38.0 Å². The molecule has 0 spiro atoms.